The second-order valence-corrected chi connectivity index (χ2v) is 5.54. The van der Waals surface area contributed by atoms with Gasteiger partial charge in [0.25, 0.3) is 0 Å². The number of carboxylic acid groups (broad SMARTS) is 1. The first-order valence-electron chi connectivity index (χ1n) is 7.06. The van der Waals surface area contributed by atoms with Crippen LogP contribution >= 0.6 is 0 Å². The largest absolute Gasteiger partial charge is 0.479 e. The van der Waals surface area contributed by atoms with E-state index in [4.69, 9.17) is 4.74 Å². The maximum absolute atomic E-state index is 12.1. The lowest BCUT2D eigenvalue weighted by Crippen LogP contribution is -2.62. The predicted octanol–water partition coefficient (Wildman–Crippen LogP) is 0.851. The Hall–Kier alpha value is -2.32. The van der Waals surface area contributed by atoms with Crippen LogP contribution in [0.25, 0.3) is 0 Å². The van der Waals surface area contributed by atoms with Crippen LogP contribution in [0.2, 0.25) is 0 Å². The van der Waals surface area contributed by atoms with Gasteiger partial charge in [0.05, 0.1) is 19.6 Å². The van der Waals surface area contributed by atoms with Crippen LogP contribution in [0, 0.1) is 0 Å². The molecule has 0 aliphatic rings. The van der Waals surface area contributed by atoms with Gasteiger partial charge in [-0.1, -0.05) is 0 Å². The highest BCUT2D eigenvalue weighted by atomic mass is 16.6. The molecule has 0 aromatic carbocycles. The van der Waals surface area contributed by atoms with Crippen molar-refractivity contribution in [3.05, 3.63) is 0 Å². The molecule has 0 heterocycles. The number of alkyl carbamates (subject to hydrolysis) is 1. The molecular formula is C14H23NO8. The van der Waals surface area contributed by atoms with E-state index in [0.717, 1.165) is 0 Å². The van der Waals surface area contributed by atoms with Gasteiger partial charge in [0.2, 0.25) is 5.54 Å². The molecule has 0 rings (SSSR count). The van der Waals surface area contributed by atoms with E-state index < -0.39 is 41.6 Å². The summed E-state index contributed by atoms with van der Waals surface area (Å²) < 4.78 is 14.3. The lowest BCUT2D eigenvalue weighted by Gasteiger charge is -2.29. The first kappa shape index (κ1) is 20.7. The maximum Gasteiger partial charge on any atom is 0.409 e. The van der Waals surface area contributed by atoms with E-state index in [1.165, 1.54) is 13.8 Å². The summed E-state index contributed by atoms with van der Waals surface area (Å²) in [7, 11) is 0. The quantitative estimate of drug-likeness (QED) is 0.398. The van der Waals surface area contributed by atoms with Crippen molar-refractivity contribution in [2.45, 2.75) is 52.2 Å². The fourth-order valence-corrected chi connectivity index (χ4v) is 1.54. The number of carbonyl (C=O) groups is 4. The number of esters is 2. The standard InChI is InChI=1S/C14H23NO8/c1-6-21-9(16)8-14(10(17)18,11(19)22-7-2)15-12(20)23-13(3,4)5/h6-8H2,1-5H3,(H,15,20)(H,17,18). The minimum absolute atomic E-state index is 0.0101. The summed E-state index contributed by atoms with van der Waals surface area (Å²) in [6, 6.07) is 0. The smallest absolute Gasteiger partial charge is 0.409 e. The Balaban J connectivity index is 5.55. The van der Waals surface area contributed by atoms with Crippen LogP contribution in [-0.4, -0.2) is 53.5 Å². The van der Waals surface area contributed by atoms with Crippen molar-refractivity contribution in [1.82, 2.24) is 5.32 Å². The fraction of sp³-hybridized carbons (Fsp3) is 0.714. The Morgan fingerprint density at radius 3 is 1.91 bits per heavy atom. The SMILES string of the molecule is CCOC(=O)CC(NC(=O)OC(C)(C)C)(C(=O)O)C(=O)OCC. The number of hydrogen-bond acceptors (Lipinski definition) is 7. The van der Waals surface area contributed by atoms with Gasteiger partial charge in [-0.05, 0) is 34.6 Å². The van der Waals surface area contributed by atoms with Crippen LogP contribution in [0.15, 0.2) is 0 Å². The minimum Gasteiger partial charge on any atom is -0.479 e. The minimum atomic E-state index is -2.62. The second kappa shape index (κ2) is 8.35. The fourth-order valence-electron chi connectivity index (χ4n) is 1.54. The molecule has 0 aromatic rings. The van der Waals surface area contributed by atoms with Gasteiger partial charge in [0.1, 0.15) is 5.60 Å². The summed E-state index contributed by atoms with van der Waals surface area (Å²) in [4.78, 5) is 47.2. The highest BCUT2D eigenvalue weighted by molar-refractivity contribution is 6.09. The molecule has 0 aliphatic heterocycles. The van der Waals surface area contributed by atoms with Crippen LogP contribution < -0.4 is 5.32 Å². The van der Waals surface area contributed by atoms with Gasteiger partial charge < -0.3 is 19.3 Å². The Morgan fingerprint density at radius 1 is 1.00 bits per heavy atom. The molecule has 23 heavy (non-hydrogen) atoms. The number of carbonyl (C=O) groups excluding carboxylic acids is 3. The van der Waals surface area contributed by atoms with Crippen molar-refractivity contribution in [1.29, 1.82) is 0 Å². The van der Waals surface area contributed by atoms with E-state index in [2.05, 4.69) is 9.47 Å². The second-order valence-electron chi connectivity index (χ2n) is 5.54. The zero-order valence-electron chi connectivity index (χ0n) is 13.9. The summed E-state index contributed by atoms with van der Waals surface area (Å²) in [5, 5.41) is 11.3. The third kappa shape index (κ3) is 6.54. The molecule has 0 fully saturated rings. The Kier molecular flexibility index (Phi) is 7.51. The van der Waals surface area contributed by atoms with Crippen LogP contribution in [-0.2, 0) is 28.6 Å². The molecule has 0 radical (unpaired) electrons. The number of carboxylic acids is 1. The third-order valence-corrected chi connectivity index (χ3v) is 2.42. The molecule has 0 aromatic heterocycles. The van der Waals surface area contributed by atoms with E-state index in [-0.39, 0.29) is 13.2 Å². The molecule has 1 atom stereocenters. The van der Waals surface area contributed by atoms with Gasteiger partial charge >= 0.3 is 24.0 Å². The molecule has 0 aliphatic carbocycles. The van der Waals surface area contributed by atoms with Crippen molar-refractivity contribution in [3.8, 4) is 0 Å². The topological polar surface area (TPSA) is 128 Å². The van der Waals surface area contributed by atoms with Crippen molar-refractivity contribution < 1.29 is 38.5 Å². The first-order valence-corrected chi connectivity index (χ1v) is 7.06. The van der Waals surface area contributed by atoms with Crippen LogP contribution in [0.4, 0.5) is 4.79 Å². The summed E-state index contributed by atoms with van der Waals surface area (Å²) >= 11 is 0. The van der Waals surface area contributed by atoms with E-state index >= 15 is 0 Å². The summed E-state index contributed by atoms with van der Waals surface area (Å²) in [5.74, 6) is -4.01. The van der Waals surface area contributed by atoms with Crippen molar-refractivity contribution in [2.24, 2.45) is 0 Å². The van der Waals surface area contributed by atoms with Crippen LogP contribution in [0.3, 0.4) is 0 Å². The molecule has 1 amide bonds. The van der Waals surface area contributed by atoms with E-state index in [9.17, 15) is 24.3 Å². The average Bonchev–Trinajstić information content (AvgIpc) is 2.35. The Bertz CT molecular complexity index is 468. The van der Waals surface area contributed by atoms with Gasteiger partial charge in [-0.15, -0.1) is 0 Å². The lowest BCUT2D eigenvalue weighted by molar-refractivity contribution is -0.168. The number of nitrogens with one attached hydrogen (secondary N) is 1. The van der Waals surface area contributed by atoms with Gasteiger partial charge in [0, 0.05) is 0 Å². The summed E-state index contributed by atoms with van der Waals surface area (Å²) in [6.07, 6.45) is -2.09. The Labute approximate surface area is 134 Å². The number of aliphatic carboxylic acids is 1. The molecule has 0 spiro atoms. The summed E-state index contributed by atoms with van der Waals surface area (Å²) in [5.41, 5.74) is -3.54. The lowest BCUT2D eigenvalue weighted by atomic mass is 9.95. The monoisotopic (exact) mass is 333 g/mol. The average molecular weight is 333 g/mol. The van der Waals surface area contributed by atoms with Gasteiger partial charge in [-0.2, -0.15) is 0 Å². The van der Waals surface area contributed by atoms with E-state index in [1.54, 1.807) is 20.8 Å². The molecule has 2 N–H and O–H groups in total. The Morgan fingerprint density at radius 2 is 1.52 bits per heavy atom. The molecule has 1 unspecified atom stereocenters. The number of amides is 1. The first-order chi connectivity index (χ1) is 10.5. The van der Waals surface area contributed by atoms with Crippen molar-refractivity contribution in [2.75, 3.05) is 13.2 Å². The molecule has 9 nitrogen and oxygen atoms in total. The van der Waals surface area contributed by atoms with E-state index in [1.807, 2.05) is 5.32 Å². The molecule has 0 saturated carbocycles. The predicted molar refractivity (Wildman–Crippen MR) is 77.6 cm³/mol. The van der Waals surface area contributed by atoms with Crippen LogP contribution in [0.1, 0.15) is 41.0 Å². The number of rotatable bonds is 7. The normalized spacial score (nSPS) is 13.4. The third-order valence-electron chi connectivity index (χ3n) is 2.42. The molecule has 0 saturated heterocycles. The van der Waals surface area contributed by atoms with Gasteiger partial charge in [-0.3, -0.25) is 10.1 Å². The molecular weight excluding hydrogens is 310 g/mol. The van der Waals surface area contributed by atoms with Crippen LogP contribution in [0.5, 0.6) is 0 Å². The summed E-state index contributed by atoms with van der Waals surface area (Å²) in [6.45, 7) is 7.52. The maximum atomic E-state index is 12.1. The van der Waals surface area contributed by atoms with Crippen molar-refractivity contribution in [3.63, 3.8) is 0 Å². The van der Waals surface area contributed by atoms with Gasteiger partial charge in [0.15, 0.2) is 0 Å². The highest BCUT2D eigenvalue weighted by Gasteiger charge is 2.52. The number of hydrogen-bond donors (Lipinski definition) is 2. The zero-order chi connectivity index (χ0) is 18.3. The van der Waals surface area contributed by atoms with Crippen molar-refractivity contribution >= 4 is 24.0 Å². The van der Waals surface area contributed by atoms with Gasteiger partial charge in [-0.25, -0.2) is 14.4 Å². The number of ether oxygens (including phenoxy) is 3. The molecule has 132 valence electrons. The zero-order valence-corrected chi connectivity index (χ0v) is 13.9. The molecule has 9 heteroatoms. The highest BCUT2D eigenvalue weighted by Crippen LogP contribution is 2.17. The van der Waals surface area contributed by atoms with E-state index in [0.29, 0.717) is 0 Å². The molecule has 0 bridgehead atoms.